The van der Waals surface area contributed by atoms with E-state index in [0.29, 0.717) is 36.5 Å². The molecule has 39 heavy (non-hydrogen) atoms. The number of rotatable bonds is 9. The lowest BCUT2D eigenvalue weighted by Gasteiger charge is -2.36. The molecule has 2 aromatic carbocycles. The molecule has 1 aromatic heterocycles. The van der Waals surface area contributed by atoms with Gasteiger partial charge in [0.2, 0.25) is 5.91 Å². The molecule has 0 radical (unpaired) electrons. The first-order chi connectivity index (χ1) is 19.0. The summed E-state index contributed by atoms with van der Waals surface area (Å²) in [6.45, 7) is 3.27. The molecule has 0 atom stereocenters. The highest BCUT2D eigenvalue weighted by atomic mass is 32.1. The Balaban J connectivity index is 1.28. The fourth-order valence-corrected chi connectivity index (χ4v) is 6.69. The fourth-order valence-electron chi connectivity index (χ4n) is 6.20. The molecule has 2 saturated carbocycles. The molecule has 0 aliphatic heterocycles. The Kier molecular flexibility index (Phi) is 9.20. The van der Waals surface area contributed by atoms with Crippen molar-refractivity contribution in [2.24, 2.45) is 11.8 Å². The molecule has 0 spiro atoms. The van der Waals surface area contributed by atoms with Gasteiger partial charge >= 0.3 is 0 Å². The average molecular weight is 549 g/mol. The highest BCUT2D eigenvalue weighted by Gasteiger charge is 2.32. The first kappa shape index (κ1) is 27.7. The summed E-state index contributed by atoms with van der Waals surface area (Å²) in [7, 11) is 1.72. The first-order valence-electron chi connectivity index (χ1n) is 14.3. The van der Waals surface area contributed by atoms with E-state index in [2.05, 4.69) is 36.2 Å². The minimum atomic E-state index is -0.272. The van der Waals surface area contributed by atoms with Gasteiger partial charge in [0.05, 0.1) is 13.2 Å². The maximum absolute atomic E-state index is 13.9. The van der Waals surface area contributed by atoms with Crippen molar-refractivity contribution in [3.63, 3.8) is 0 Å². The van der Waals surface area contributed by atoms with Gasteiger partial charge in [0.15, 0.2) is 0 Å². The molecule has 2 aliphatic rings. The second-order valence-electron chi connectivity index (χ2n) is 11.2. The second kappa shape index (κ2) is 13.0. The number of carbonyl (C=O) groups excluding carboxylic acids is 1. The zero-order valence-electron chi connectivity index (χ0n) is 23.1. The van der Waals surface area contributed by atoms with E-state index in [0.717, 1.165) is 62.1 Å². The molecule has 0 unspecified atom stereocenters. The summed E-state index contributed by atoms with van der Waals surface area (Å²) in [6.07, 6.45) is 8.88. The average Bonchev–Trinajstić information content (AvgIpc) is 3.49. The molecule has 1 heterocycles. The molecule has 0 bridgehead atoms. The summed E-state index contributed by atoms with van der Waals surface area (Å²) in [6, 6.07) is 14.8. The maximum Gasteiger partial charge on any atom is 0.273 e. The van der Waals surface area contributed by atoms with Crippen LogP contribution in [0.25, 0.3) is 0 Å². The van der Waals surface area contributed by atoms with Gasteiger partial charge in [0.1, 0.15) is 12.4 Å². The van der Waals surface area contributed by atoms with E-state index in [1.807, 2.05) is 28.5 Å². The van der Waals surface area contributed by atoms with Crippen molar-refractivity contribution < 1.29 is 19.4 Å². The van der Waals surface area contributed by atoms with Gasteiger partial charge in [0, 0.05) is 29.7 Å². The van der Waals surface area contributed by atoms with Crippen molar-refractivity contribution >= 4 is 22.9 Å². The highest BCUT2D eigenvalue weighted by Crippen LogP contribution is 2.38. The molecule has 0 saturated heterocycles. The van der Waals surface area contributed by atoms with Crippen LogP contribution in [0.2, 0.25) is 0 Å². The van der Waals surface area contributed by atoms with Crippen LogP contribution in [0.5, 0.6) is 10.9 Å². The smallest absolute Gasteiger partial charge is 0.273 e. The van der Waals surface area contributed by atoms with Gasteiger partial charge in [-0.05, 0) is 105 Å². The Bertz CT molecular complexity index is 1210. The molecule has 1 N–H and O–H groups in total. The lowest BCUT2D eigenvalue weighted by atomic mass is 9.78. The molecule has 208 valence electrons. The Morgan fingerprint density at radius 3 is 2.54 bits per heavy atom. The monoisotopic (exact) mass is 548 g/mol. The van der Waals surface area contributed by atoms with E-state index in [1.165, 1.54) is 22.5 Å². The lowest BCUT2D eigenvalue weighted by Crippen LogP contribution is -2.41. The van der Waals surface area contributed by atoms with Crippen LogP contribution in [0.3, 0.4) is 0 Å². The number of thiazole rings is 1. The number of amides is 1. The third kappa shape index (κ3) is 7.00. The lowest BCUT2D eigenvalue weighted by molar-refractivity contribution is -0.124. The predicted molar refractivity (Wildman–Crippen MR) is 156 cm³/mol. The quantitative estimate of drug-likeness (QED) is 0.315. The predicted octanol–water partition coefficient (Wildman–Crippen LogP) is 6.90. The van der Waals surface area contributed by atoms with Gasteiger partial charge in [-0.2, -0.15) is 0 Å². The summed E-state index contributed by atoms with van der Waals surface area (Å²) in [5, 5.41) is 12.6. The van der Waals surface area contributed by atoms with Crippen molar-refractivity contribution in [3.8, 4) is 10.9 Å². The maximum atomic E-state index is 13.9. The third-order valence-electron chi connectivity index (χ3n) is 8.48. The first-order valence-corrected chi connectivity index (χ1v) is 15.1. The Labute approximate surface area is 236 Å². The van der Waals surface area contributed by atoms with Crippen LogP contribution in [-0.4, -0.2) is 35.8 Å². The van der Waals surface area contributed by atoms with Gasteiger partial charge in [-0.3, -0.25) is 4.79 Å². The van der Waals surface area contributed by atoms with E-state index in [-0.39, 0.29) is 17.9 Å². The molecule has 1 amide bonds. The molecule has 3 aromatic rings. The van der Waals surface area contributed by atoms with Crippen LogP contribution in [0.15, 0.2) is 54.0 Å². The number of carbonyl (C=O) groups is 1. The summed E-state index contributed by atoms with van der Waals surface area (Å²) in [5.41, 5.74) is 4.55. The van der Waals surface area contributed by atoms with Crippen LogP contribution < -0.4 is 14.4 Å². The van der Waals surface area contributed by atoms with Gasteiger partial charge in [-0.25, -0.2) is 4.98 Å². The number of aliphatic hydroxyl groups excluding tert-OH is 1. The normalized spacial score (nSPS) is 23.3. The van der Waals surface area contributed by atoms with E-state index >= 15 is 0 Å². The summed E-state index contributed by atoms with van der Waals surface area (Å²) in [4.78, 5) is 20.2. The third-order valence-corrected chi connectivity index (χ3v) is 9.17. The number of nitrogens with zero attached hydrogens (tertiary/aromatic N) is 2. The molecule has 7 heteroatoms. The van der Waals surface area contributed by atoms with Crippen molar-refractivity contribution in [2.75, 3.05) is 18.6 Å². The SMILES string of the molecule is COc1ccc(C2CCC(CN(C(=O)C3CCC(O)CC3)c3cccc(COc4nccs4)c3)CC2)cc1C. The molecule has 2 fully saturated rings. The minimum absolute atomic E-state index is 0.0257. The summed E-state index contributed by atoms with van der Waals surface area (Å²) >= 11 is 1.48. The number of aromatic nitrogens is 1. The van der Waals surface area contributed by atoms with Crippen LogP contribution in [0.1, 0.15) is 74.0 Å². The number of aliphatic hydroxyl groups is 1. The van der Waals surface area contributed by atoms with Gasteiger partial charge < -0.3 is 19.5 Å². The van der Waals surface area contributed by atoms with Gasteiger partial charge in [-0.15, -0.1) is 0 Å². The highest BCUT2D eigenvalue weighted by molar-refractivity contribution is 7.11. The topological polar surface area (TPSA) is 71.9 Å². The van der Waals surface area contributed by atoms with Crippen LogP contribution in [0, 0.1) is 18.8 Å². The number of ether oxygens (including phenoxy) is 2. The Hall–Kier alpha value is -2.90. The van der Waals surface area contributed by atoms with Crippen LogP contribution in [0.4, 0.5) is 5.69 Å². The van der Waals surface area contributed by atoms with Crippen LogP contribution >= 0.6 is 11.3 Å². The van der Waals surface area contributed by atoms with E-state index in [4.69, 9.17) is 9.47 Å². The number of anilines is 1. The largest absolute Gasteiger partial charge is 0.496 e. The minimum Gasteiger partial charge on any atom is -0.496 e. The number of methoxy groups -OCH3 is 1. The Morgan fingerprint density at radius 2 is 1.85 bits per heavy atom. The number of benzene rings is 2. The summed E-state index contributed by atoms with van der Waals surface area (Å²) in [5.74, 6) is 2.14. The van der Waals surface area contributed by atoms with Crippen molar-refractivity contribution in [1.29, 1.82) is 0 Å². The number of hydrogen-bond acceptors (Lipinski definition) is 6. The number of hydrogen-bond donors (Lipinski definition) is 1. The summed E-state index contributed by atoms with van der Waals surface area (Å²) < 4.78 is 11.3. The van der Waals surface area contributed by atoms with Crippen molar-refractivity contribution in [2.45, 2.75) is 76.9 Å². The Morgan fingerprint density at radius 1 is 1.05 bits per heavy atom. The van der Waals surface area contributed by atoms with Gasteiger partial charge in [0.25, 0.3) is 5.19 Å². The van der Waals surface area contributed by atoms with Crippen molar-refractivity contribution in [3.05, 3.63) is 70.7 Å². The standard InChI is InChI=1S/C32H40N2O4S/c1-22-18-27(12-15-30(22)37-2)25-8-6-23(7-9-25)20-34(31(36)26-10-13-29(35)14-11-26)28-5-3-4-24(19-28)21-38-32-33-16-17-39-32/h3-5,12,15-19,23,25-26,29,35H,6-11,13-14,20-21H2,1-2H3. The molecular formula is C32H40N2O4S. The number of aryl methyl sites for hydroxylation is 1. The van der Waals surface area contributed by atoms with Crippen molar-refractivity contribution in [1.82, 2.24) is 4.98 Å². The van der Waals surface area contributed by atoms with E-state index in [1.54, 1.807) is 13.3 Å². The van der Waals surface area contributed by atoms with E-state index < -0.39 is 0 Å². The molecular weight excluding hydrogens is 508 g/mol. The molecule has 6 nitrogen and oxygen atoms in total. The molecule has 2 aliphatic carbocycles. The van der Waals surface area contributed by atoms with E-state index in [9.17, 15) is 9.90 Å². The van der Waals surface area contributed by atoms with Gasteiger partial charge in [-0.1, -0.05) is 35.6 Å². The molecule has 5 rings (SSSR count). The zero-order chi connectivity index (χ0) is 27.2. The fraction of sp³-hybridized carbons (Fsp3) is 0.500. The zero-order valence-corrected chi connectivity index (χ0v) is 23.9. The van der Waals surface area contributed by atoms with Crippen LogP contribution in [-0.2, 0) is 11.4 Å². The second-order valence-corrected chi connectivity index (χ2v) is 12.0.